The first-order valence-corrected chi connectivity index (χ1v) is 27.7. The van der Waals surface area contributed by atoms with E-state index in [0.29, 0.717) is 32.1 Å². The molecule has 4 heterocycles. The fourth-order valence-electron chi connectivity index (χ4n) is 16.6. The van der Waals surface area contributed by atoms with E-state index >= 15 is 0 Å². The van der Waals surface area contributed by atoms with E-state index in [2.05, 4.69) is 26.8 Å². The number of aliphatic carboxylic acids is 1. The molecular formula is C53H86O26. The Hall–Kier alpha value is -1.75. The number of ether oxygens (including phenoxy) is 8. The zero-order valence-corrected chi connectivity index (χ0v) is 45.4. The summed E-state index contributed by atoms with van der Waals surface area (Å²) in [5.41, 5.74) is -3.93. The summed E-state index contributed by atoms with van der Waals surface area (Å²) in [6.07, 6.45) is -36.5. The van der Waals surface area contributed by atoms with Crippen LogP contribution in [0.4, 0.5) is 0 Å². The lowest BCUT2D eigenvalue weighted by Gasteiger charge is -2.72. The molecule has 26 nitrogen and oxygen atoms in total. The van der Waals surface area contributed by atoms with Gasteiger partial charge in [0.05, 0.1) is 62.9 Å². The van der Waals surface area contributed by atoms with E-state index in [0.717, 1.165) is 5.57 Å². The molecule has 8 fully saturated rings. The van der Waals surface area contributed by atoms with Crippen molar-refractivity contribution in [3.8, 4) is 0 Å². The van der Waals surface area contributed by atoms with Gasteiger partial charge in [0.15, 0.2) is 31.3 Å². The second kappa shape index (κ2) is 22.3. The summed E-state index contributed by atoms with van der Waals surface area (Å²) in [6.45, 7) is 8.69. The van der Waals surface area contributed by atoms with Crippen LogP contribution in [0, 0.1) is 50.2 Å². The van der Waals surface area contributed by atoms with Gasteiger partial charge in [-0.15, -0.1) is 0 Å². The SMILES string of the molecule is CC1(C)C[C@H]2C3=CC[C@@H]4[C@@]5(C)CC[C@H](O[C@@H]6O[C@H](C(=O)O)[C@@H](O)[C@H](O[C@@H]7OC[C@H](O)[C@H](O)[C@H]7O[C@@H]7O[C@H](CO)[C@@H](O)[C@H](O)[C@H]7O)[C@H]6O[C@@H]6O[C@H](CO)[C@H](O)[C@H](O)[C@H]6O)[C@@](C)(CO)[C@@H]5CC[C@@]4(C)[C@]3(C)C[C@@H](O)[C@@]2(CO)[C@@H](O)[C@@H]1O. The van der Waals surface area contributed by atoms with Crippen LogP contribution < -0.4 is 0 Å². The number of carbonyl (C=O) groups is 1. The number of allylic oxidation sites excluding steroid dienone is 2. The van der Waals surface area contributed by atoms with Gasteiger partial charge in [-0.2, -0.15) is 0 Å². The Balaban J connectivity index is 1.05. The van der Waals surface area contributed by atoms with Crippen LogP contribution in [0.25, 0.3) is 0 Å². The number of aliphatic hydroxyl groups excluding tert-OH is 16. The maximum absolute atomic E-state index is 13.1. The van der Waals surface area contributed by atoms with Crippen LogP contribution in [0.15, 0.2) is 11.6 Å². The smallest absolute Gasteiger partial charge is 0.335 e. The van der Waals surface area contributed by atoms with Gasteiger partial charge < -0.3 is 125 Å². The van der Waals surface area contributed by atoms with Gasteiger partial charge >= 0.3 is 5.97 Å². The monoisotopic (exact) mass is 1140 g/mol. The maximum Gasteiger partial charge on any atom is 0.335 e. The highest BCUT2D eigenvalue weighted by molar-refractivity contribution is 5.73. The lowest BCUT2D eigenvalue weighted by atomic mass is 9.33. The van der Waals surface area contributed by atoms with Crippen molar-refractivity contribution in [2.24, 2.45) is 50.2 Å². The lowest BCUT2D eigenvalue weighted by molar-refractivity contribution is -0.401. The molecule has 79 heavy (non-hydrogen) atoms. The maximum atomic E-state index is 13.1. The van der Waals surface area contributed by atoms with Crippen molar-refractivity contribution in [1.82, 2.24) is 0 Å². The lowest BCUT2D eigenvalue weighted by Crippen LogP contribution is -2.72. The standard InChI is InChI=1S/C53H86O26/c1-48(2)13-21-20-7-8-26-49(3)11-10-28(50(4,18-56)25(49)9-12-51(26,5)52(20,6)14-27(59)53(21,19-57)42(69)41(48)68)75-47-40(79-45-35(66)33(64)31(62)24(16-55)74-45)37(36(67)38(77-47)43(70)71)76-46-39(29(60)22(58)17-72-46)78-44-34(65)32(63)30(61)23(15-54)73-44/h7,21-42,44-47,54-69H,8-19H2,1-6H3,(H,70,71)/t21-,22-,23+,24+,25+,26+,27+,28-,29-,30+,31-,32-,33-,34+,35+,36-,37-,38-,39+,40+,41-,42-,44-,45-,46-,47+,49-,50-,51+,52+,53-/m0/s1. The number of carboxylic acid groups (broad SMARTS) is 1. The third-order valence-electron chi connectivity index (χ3n) is 21.6. The minimum Gasteiger partial charge on any atom is -0.479 e. The van der Waals surface area contributed by atoms with E-state index in [-0.39, 0.29) is 24.7 Å². The number of aliphatic hydroxyl groups is 16. The molecule has 454 valence electrons. The molecular weight excluding hydrogens is 1050 g/mol. The predicted octanol–water partition coefficient (Wildman–Crippen LogP) is -4.95. The molecule has 9 rings (SSSR count). The molecule has 4 aliphatic heterocycles. The zero-order chi connectivity index (χ0) is 58.0. The topological polar surface area (TPSA) is 435 Å². The van der Waals surface area contributed by atoms with Crippen LogP contribution in [-0.4, -0.2) is 267 Å². The quantitative estimate of drug-likeness (QED) is 0.0607. The highest BCUT2D eigenvalue weighted by Crippen LogP contribution is 2.76. The van der Waals surface area contributed by atoms with Gasteiger partial charge in [0, 0.05) is 5.41 Å². The fourth-order valence-corrected chi connectivity index (χ4v) is 16.6. The van der Waals surface area contributed by atoms with Crippen molar-refractivity contribution >= 4 is 5.97 Å². The summed E-state index contributed by atoms with van der Waals surface area (Å²) in [6, 6.07) is 0. The zero-order valence-electron chi connectivity index (χ0n) is 45.4. The van der Waals surface area contributed by atoms with E-state index in [4.69, 9.17) is 37.9 Å². The summed E-state index contributed by atoms with van der Waals surface area (Å²) in [7, 11) is 0. The summed E-state index contributed by atoms with van der Waals surface area (Å²) in [5.74, 6) is -2.58. The van der Waals surface area contributed by atoms with Gasteiger partial charge in [0.25, 0.3) is 0 Å². The minimum atomic E-state index is -2.28. The molecule has 4 saturated heterocycles. The molecule has 0 aromatic carbocycles. The van der Waals surface area contributed by atoms with Gasteiger partial charge in [-0.1, -0.05) is 53.2 Å². The largest absolute Gasteiger partial charge is 0.479 e. The number of hydrogen-bond donors (Lipinski definition) is 17. The molecule has 26 heteroatoms. The Kier molecular flexibility index (Phi) is 17.4. The molecule has 0 unspecified atom stereocenters. The molecule has 0 aromatic heterocycles. The number of fused-ring (bicyclic) bond motifs is 7. The second-order valence-electron chi connectivity index (χ2n) is 26.0. The summed E-state index contributed by atoms with van der Waals surface area (Å²) < 4.78 is 48.3. The normalized spacial score (nSPS) is 55.5. The summed E-state index contributed by atoms with van der Waals surface area (Å²) in [5, 5.41) is 187. The molecule has 4 saturated carbocycles. The first-order valence-electron chi connectivity index (χ1n) is 27.7. The van der Waals surface area contributed by atoms with Crippen molar-refractivity contribution in [3.05, 3.63) is 11.6 Å². The molecule has 5 aliphatic carbocycles. The average Bonchev–Trinajstić information content (AvgIpc) is 3.59. The van der Waals surface area contributed by atoms with Gasteiger partial charge in [-0.25, -0.2) is 4.79 Å². The molecule has 0 spiro atoms. The van der Waals surface area contributed by atoms with Crippen molar-refractivity contribution < 1.29 is 130 Å². The highest BCUT2D eigenvalue weighted by Gasteiger charge is 2.73. The fraction of sp³-hybridized carbons (Fsp3) is 0.943. The molecule has 17 N–H and O–H groups in total. The number of rotatable bonds is 13. The summed E-state index contributed by atoms with van der Waals surface area (Å²) in [4.78, 5) is 13.1. The predicted molar refractivity (Wildman–Crippen MR) is 263 cm³/mol. The minimum absolute atomic E-state index is 0.0692. The highest BCUT2D eigenvalue weighted by atomic mass is 16.8. The van der Waals surface area contributed by atoms with E-state index in [9.17, 15) is 91.6 Å². The Bertz CT molecular complexity index is 2190. The Morgan fingerprint density at radius 3 is 1.73 bits per heavy atom. The van der Waals surface area contributed by atoms with Crippen LogP contribution in [-0.2, 0) is 42.7 Å². The number of carboxylic acids is 1. The van der Waals surface area contributed by atoms with E-state index in [1.165, 1.54) is 0 Å². The molecule has 0 amide bonds. The Morgan fingerprint density at radius 2 is 1.18 bits per heavy atom. The molecule has 0 bridgehead atoms. The molecule has 0 aromatic rings. The van der Waals surface area contributed by atoms with Gasteiger partial charge in [-0.3, -0.25) is 0 Å². The summed E-state index contributed by atoms with van der Waals surface area (Å²) >= 11 is 0. The Labute approximate surface area is 457 Å². The van der Waals surface area contributed by atoms with Crippen LogP contribution in [0.2, 0.25) is 0 Å². The Morgan fingerprint density at radius 1 is 0.595 bits per heavy atom. The van der Waals surface area contributed by atoms with Crippen LogP contribution in [0.3, 0.4) is 0 Å². The third-order valence-corrected chi connectivity index (χ3v) is 21.6. The molecule has 31 atom stereocenters. The first-order chi connectivity index (χ1) is 37.0. The van der Waals surface area contributed by atoms with Gasteiger partial charge in [0.2, 0.25) is 0 Å². The van der Waals surface area contributed by atoms with E-state index in [1.807, 2.05) is 20.8 Å². The van der Waals surface area contributed by atoms with Crippen LogP contribution in [0.1, 0.15) is 86.5 Å². The van der Waals surface area contributed by atoms with Crippen molar-refractivity contribution in [2.45, 2.75) is 228 Å². The van der Waals surface area contributed by atoms with Crippen molar-refractivity contribution in [2.75, 3.05) is 33.0 Å². The van der Waals surface area contributed by atoms with Crippen LogP contribution >= 0.6 is 0 Å². The van der Waals surface area contributed by atoms with E-state index in [1.54, 1.807) is 0 Å². The first kappa shape index (κ1) is 61.8. The van der Waals surface area contributed by atoms with Crippen molar-refractivity contribution in [3.63, 3.8) is 0 Å². The molecule has 0 radical (unpaired) electrons. The van der Waals surface area contributed by atoms with Crippen LogP contribution in [0.5, 0.6) is 0 Å². The average molecular weight is 1140 g/mol. The number of hydrogen-bond acceptors (Lipinski definition) is 25. The van der Waals surface area contributed by atoms with Crippen molar-refractivity contribution in [1.29, 1.82) is 0 Å². The third kappa shape index (κ3) is 9.60. The van der Waals surface area contributed by atoms with Gasteiger partial charge in [-0.05, 0) is 84.4 Å². The van der Waals surface area contributed by atoms with E-state index < -0.39 is 219 Å². The van der Waals surface area contributed by atoms with Gasteiger partial charge in [0.1, 0.15) is 85.5 Å². The second-order valence-corrected chi connectivity index (χ2v) is 26.0. The molecule has 9 aliphatic rings.